The van der Waals surface area contributed by atoms with Crippen LogP contribution in [-0.4, -0.2) is 48.0 Å². The molecule has 0 aromatic carbocycles. The average Bonchev–Trinajstić information content (AvgIpc) is 2.67. The summed E-state index contributed by atoms with van der Waals surface area (Å²) in [5.74, 6) is -0.211. The quantitative estimate of drug-likeness (QED) is 0.561. The molecule has 7 nitrogen and oxygen atoms in total. The molecule has 0 aliphatic heterocycles. The highest BCUT2D eigenvalue weighted by Gasteiger charge is 2.04. The van der Waals surface area contributed by atoms with Crippen molar-refractivity contribution in [1.29, 1.82) is 0 Å². The van der Waals surface area contributed by atoms with Gasteiger partial charge in [-0.25, -0.2) is 0 Å². The molecule has 2 amide bonds. The number of rotatable bonds is 10. The molecule has 0 radical (unpaired) electrons. The lowest BCUT2D eigenvalue weighted by molar-refractivity contribution is 0.0945. The summed E-state index contributed by atoms with van der Waals surface area (Å²) in [4.78, 5) is 31.4. The van der Waals surface area contributed by atoms with Crippen molar-refractivity contribution in [3.63, 3.8) is 0 Å². The molecule has 25 heavy (non-hydrogen) atoms. The van der Waals surface area contributed by atoms with Crippen molar-refractivity contribution in [2.75, 3.05) is 26.2 Å². The third kappa shape index (κ3) is 7.09. The van der Waals surface area contributed by atoms with E-state index in [0.29, 0.717) is 24.2 Å². The summed E-state index contributed by atoms with van der Waals surface area (Å²) < 4.78 is 0. The molecule has 0 fully saturated rings. The van der Waals surface area contributed by atoms with Crippen LogP contribution in [0.25, 0.3) is 0 Å². The van der Waals surface area contributed by atoms with E-state index < -0.39 is 0 Å². The van der Waals surface area contributed by atoms with E-state index in [9.17, 15) is 9.59 Å². The SMILES string of the molecule is O=C(NCCCNCCCNC(=O)c1cccnc1)c1cccnc1. The third-order valence-corrected chi connectivity index (χ3v) is 3.48. The lowest BCUT2D eigenvalue weighted by atomic mass is 10.2. The molecular formula is C18H23N5O2. The van der Waals surface area contributed by atoms with Crippen LogP contribution < -0.4 is 16.0 Å². The van der Waals surface area contributed by atoms with Gasteiger partial charge in [0.15, 0.2) is 0 Å². The van der Waals surface area contributed by atoms with Crippen molar-refractivity contribution in [1.82, 2.24) is 25.9 Å². The molecule has 7 heteroatoms. The van der Waals surface area contributed by atoms with E-state index in [-0.39, 0.29) is 11.8 Å². The van der Waals surface area contributed by atoms with Crippen molar-refractivity contribution in [3.05, 3.63) is 60.2 Å². The van der Waals surface area contributed by atoms with Gasteiger partial charge in [-0.2, -0.15) is 0 Å². The van der Waals surface area contributed by atoms with Gasteiger partial charge >= 0.3 is 0 Å². The number of nitrogens with one attached hydrogen (secondary N) is 3. The Kier molecular flexibility index (Phi) is 8.07. The largest absolute Gasteiger partial charge is 0.352 e. The van der Waals surface area contributed by atoms with Gasteiger partial charge in [0.05, 0.1) is 11.1 Å². The Balaban J connectivity index is 1.45. The molecule has 132 valence electrons. The average molecular weight is 341 g/mol. The topological polar surface area (TPSA) is 96.0 Å². The number of carbonyl (C=O) groups excluding carboxylic acids is 2. The number of aromatic nitrogens is 2. The van der Waals surface area contributed by atoms with Gasteiger partial charge in [0.1, 0.15) is 0 Å². The first-order valence-corrected chi connectivity index (χ1v) is 8.34. The van der Waals surface area contributed by atoms with Crippen LogP contribution in [0.5, 0.6) is 0 Å². The van der Waals surface area contributed by atoms with Crippen LogP contribution in [-0.2, 0) is 0 Å². The van der Waals surface area contributed by atoms with E-state index in [1.54, 1.807) is 49.1 Å². The van der Waals surface area contributed by atoms with Crippen LogP contribution in [0.1, 0.15) is 33.6 Å². The van der Waals surface area contributed by atoms with Gasteiger partial charge in [0.2, 0.25) is 0 Å². The zero-order valence-corrected chi connectivity index (χ0v) is 14.1. The minimum atomic E-state index is -0.105. The fraction of sp³-hybridized carbons (Fsp3) is 0.333. The van der Waals surface area contributed by atoms with Crippen LogP contribution in [0.3, 0.4) is 0 Å². The number of carbonyl (C=O) groups is 2. The number of hydrogen-bond donors (Lipinski definition) is 3. The molecule has 0 saturated carbocycles. The number of amides is 2. The van der Waals surface area contributed by atoms with E-state index in [0.717, 1.165) is 25.9 Å². The predicted octanol–water partition coefficient (Wildman–Crippen LogP) is 1.01. The van der Waals surface area contributed by atoms with Gasteiger partial charge < -0.3 is 16.0 Å². The van der Waals surface area contributed by atoms with Crippen LogP contribution in [0.4, 0.5) is 0 Å². The summed E-state index contributed by atoms with van der Waals surface area (Å²) in [5, 5.41) is 8.99. The zero-order valence-electron chi connectivity index (χ0n) is 14.1. The maximum Gasteiger partial charge on any atom is 0.252 e. The third-order valence-electron chi connectivity index (χ3n) is 3.48. The van der Waals surface area contributed by atoms with Crippen LogP contribution in [0, 0.1) is 0 Å². The molecule has 0 aliphatic carbocycles. The zero-order chi connectivity index (χ0) is 17.7. The van der Waals surface area contributed by atoms with Crippen molar-refractivity contribution < 1.29 is 9.59 Å². The van der Waals surface area contributed by atoms with E-state index >= 15 is 0 Å². The highest BCUT2D eigenvalue weighted by atomic mass is 16.2. The summed E-state index contributed by atoms with van der Waals surface area (Å²) in [6.07, 6.45) is 8.06. The molecular weight excluding hydrogens is 318 g/mol. The fourth-order valence-electron chi connectivity index (χ4n) is 2.15. The number of pyridine rings is 2. The molecule has 2 rings (SSSR count). The van der Waals surface area contributed by atoms with Crippen LogP contribution in [0.2, 0.25) is 0 Å². The van der Waals surface area contributed by atoms with Crippen molar-refractivity contribution >= 4 is 11.8 Å². The first-order valence-electron chi connectivity index (χ1n) is 8.34. The maximum absolute atomic E-state index is 11.8. The first-order chi connectivity index (χ1) is 12.3. The Morgan fingerprint density at radius 3 is 1.64 bits per heavy atom. The van der Waals surface area contributed by atoms with Crippen LogP contribution >= 0.6 is 0 Å². The summed E-state index contributed by atoms with van der Waals surface area (Å²) in [5.41, 5.74) is 1.14. The van der Waals surface area contributed by atoms with Gasteiger partial charge in [-0.15, -0.1) is 0 Å². The molecule has 3 N–H and O–H groups in total. The molecule has 0 unspecified atom stereocenters. The summed E-state index contributed by atoms with van der Waals surface area (Å²) >= 11 is 0. The lowest BCUT2D eigenvalue weighted by Gasteiger charge is -2.07. The molecule has 0 aliphatic rings. The summed E-state index contributed by atoms with van der Waals surface area (Å²) in [6.45, 7) is 2.84. The lowest BCUT2D eigenvalue weighted by Crippen LogP contribution is -2.29. The molecule has 0 spiro atoms. The highest BCUT2D eigenvalue weighted by molar-refractivity contribution is 5.94. The van der Waals surface area contributed by atoms with Gasteiger partial charge in [0.25, 0.3) is 11.8 Å². The maximum atomic E-state index is 11.8. The van der Waals surface area contributed by atoms with Gasteiger partial charge in [-0.05, 0) is 50.2 Å². The molecule has 0 saturated heterocycles. The van der Waals surface area contributed by atoms with E-state index in [1.165, 1.54) is 0 Å². The minimum Gasteiger partial charge on any atom is -0.352 e. The summed E-state index contributed by atoms with van der Waals surface area (Å²) in [7, 11) is 0. The molecule has 0 atom stereocenters. The Hall–Kier alpha value is -2.80. The van der Waals surface area contributed by atoms with Crippen molar-refractivity contribution in [2.45, 2.75) is 12.8 Å². The van der Waals surface area contributed by atoms with E-state index in [2.05, 4.69) is 25.9 Å². The second-order valence-corrected chi connectivity index (χ2v) is 5.45. The number of nitrogens with zero attached hydrogens (tertiary/aromatic N) is 2. The number of hydrogen-bond acceptors (Lipinski definition) is 5. The molecule has 0 bridgehead atoms. The van der Waals surface area contributed by atoms with E-state index in [4.69, 9.17) is 0 Å². The predicted molar refractivity (Wildman–Crippen MR) is 95.2 cm³/mol. The van der Waals surface area contributed by atoms with Crippen LogP contribution in [0.15, 0.2) is 49.1 Å². The highest BCUT2D eigenvalue weighted by Crippen LogP contribution is 1.95. The smallest absolute Gasteiger partial charge is 0.252 e. The normalized spacial score (nSPS) is 10.2. The Labute approximate surface area is 147 Å². The second-order valence-electron chi connectivity index (χ2n) is 5.45. The Bertz CT molecular complexity index is 592. The summed E-state index contributed by atoms with van der Waals surface area (Å²) in [6, 6.07) is 6.95. The monoisotopic (exact) mass is 341 g/mol. The van der Waals surface area contributed by atoms with Gasteiger partial charge in [0, 0.05) is 37.9 Å². The second kappa shape index (κ2) is 10.9. The van der Waals surface area contributed by atoms with Gasteiger partial charge in [-0.3, -0.25) is 19.6 Å². The first kappa shape index (κ1) is 18.5. The van der Waals surface area contributed by atoms with Crippen molar-refractivity contribution in [3.8, 4) is 0 Å². The molecule has 2 aromatic rings. The van der Waals surface area contributed by atoms with Crippen molar-refractivity contribution in [2.24, 2.45) is 0 Å². The fourth-order valence-corrected chi connectivity index (χ4v) is 2.15. The standard InChI is InChI=1S/C18H23N5O2/c24-17(15-5-1-7-20-13-15)22-11-3-9-19-10-4-12-23-18(25)16-6-2-8-21-14-16/h1-2,5-8,13-14,19H,3-4,9-12H2,(H,22,24)(H,23,25). The minimum absolute atomic E-state index is 0.105. The van der Waals surface area contributed by atoms with E-state index in [1.807, 2.05) is 0 Å². The Morgan fingerprint density at radius 2 is 1.24 bits per heavy atom. The van der Waals surface area contributed by atoms with Gasteiger partial charge in [-0.1, -0.05) is 0 Å². The Morgan fingerprint density at radius 1 is 0.760 bits per heavy atom. The molecule has 2 heterocycles. The molecule has 2 aromatic heterocycles.